The van der Waals surface area contributed by atoms with Gasteiger partial charge in [-0.3, -0.25) is 0 Å². The first-order valence-electron chi connectivity index (χ1n) is 6.35. The van der Waals surface area contributed by atoms with E-state index in [0.717, 1.165) is 5.56 Å². The average molecular weight is 321 g/mol. The third-order valence-corrected chi connectivity index (χ3v) is 4.10. The van der Waals surface area contributed by atoms with Crippen molar-refractivity contribution in [3.05, 3.63) is 47.7 Å². The number of benzene rings is 1. The maximum atomic E-state index is 11.7. The Morgan fingerprint density at radius 3 is 2.81 bits per heavy atom. The summed E-state index contributed by atoms with van der Waals surface area (Å²) in [6.45, 7) is 2.02. The fourth-order valence-electron chi connectivity index (χ4n) is 1.65. The molecule has 2 aromatic rings. The summed E-state index contributed by atoms with van der Waals surface area (Å²) in [6, 6.07) is 9.95. The first-order valence-corrected chi connectivity index (χ1v) is 7.74. The van der Waals surface area contributed by atoms with Crippen LogP contribution in [0.5, 0.6) is 0 Å². The summed E-state index contributed by atoms with van der Waals surface area (Å²) >= 11 is 6.74. The minimum atomic E-state index is -0.489. The van der Waals surface area contributed by atoms with Crippen LogP contribution in [0.25, 0.3) is 0 Å². The van der Waals surface area contributed by atoms with Crippen LogP contribution in [0.15, 0.2) is 36.5 Å². The van der Waals surface area contributed by atoms with E-state index in [1.54, 1.807) is 6.92 Å². The third-order valence-electron chi connectivity index (χ3n) is 2.68. The molecule has 2 N–H and O–H groups in total. The Kier molecular flexibility index (Phi) is 5.35. The lowest BCUT2D eigenvalue weighted by Gasteiger charge is -2.06. The summed E-state index contributed by atoms with van der Waals surface area (Å²) in [7, 11) is 0. The number of esters is 1. The highest BCUT2D eigenvalue weighted by atomic mass is 32.2. The number of carbonyl (C=O) groups is 1. The largest absolute Gasteiger partial charge is 0.462 e. The Labute approximate surface area is 132 Å². The van der Waals surface area contributed by atoms with Crippen LogP contribution >= 0.6 is 24.0 Å². The van der Waals surface area contributed by atoms with Crippen LogP contribution in [0.2, 0.25) is 0 Å². The second kappa shape index (κ2) is 7.24. The van der Waals surface area contributed by atoms with E-state index < -0.39 is 5.97 Å². The van der Waals surface area contributed by atoms with Crippen LogP contribution in [-0.2, 0) is 10.5 Å². The maximum absolute atomic E-state index is 11.7. The molecular weight excluding hydrogens is 306 g/mol. The standard InChI is InChI=1S/C14H15N3O2S2/c1-2-19-13(18)11-8-16-17(12(11)15)14(20)21-9-10-6-4-3-5-7-10/h3-8H,2,9,15H2,1H3. The van der Waals surface area contributed by atoms with Gasteiger partial charge < -0.3 is 10.5 Å². The van der Waals surface area contributed by atoms with Crippen LogP contribution < -0.4 is 5.73 Å². The molecular formula is C14H15N3O2S2. The van der Waals surface area contributed by atoms with Crippen LogP contribution in [-0.4, -0.2) is 26.7 Å². The number of nitrogens with two attached hydrogens (primary N) is 1. The van der Waals surface area contributed by atoms with Crippen molar-refractivity contribution in [1.82, 2.24) is 9.78 Å². The highest BCUT2D eigenvalue weighted by Gasteiger charge is 2.18. The number of ether oxygens (including phenoxy) is 1. The lowest BCUT2D eigenvalue weighted by Crippen LogP contribution is -2.13. The zero-order valence-corrected chi connectivity index (χ0v) is 13.1. The first-order chi connectivity index (χ1) is 10.1. The molecule has 0 saturated heterocycles. The van der Waals surface area contributed by atoms with E-state index in [1.165, 1.54) is 22.6 Å². The van der Waals surface area contributed by atoms with Crippen LogP contribution in [0.1, 0.15) is 22.8 Å². The molecule has 1 heterocycles. The molecule has 1 aromatic carbocycles. The number of carbonyl (C=O) groups excluding carboxylic acids is 1. The van der Waals surface area contributed by atoms with Crippen molar-refractivity contribution in [2.24, 2.45) is 0 Å². The van der Waals surface area contributed by atoms with E-state index in [0.29, 0.717) is 10.1 Å². The maximum Gasteiger partial charge on any atom is 0.343 e. The molecule has 0 amide bonds. The highest BCUT2D eigenvalue weighted by molar-refractivity contribution is 8.22. The number of thiocarbonyl (C=S) groups is 1. The molecule has 21 heavy (non-hydrogen) atoms. The lowest BCUT2D eigenvalue weighted by molar-refractivity contribution is 0.0527. The van der Waals surface area contributed by atoms with Crippen LogP contribution in [0.4, 0.5) is 5.82 Å². The lowest BCUT2D eigenvalue weighted by atomic mass is 10.2. The summed E-state index contributed by atoms with van der Waals surface area (Å²) in [5.74, 6) is 0.435. The Balaban J connectivity index is 2.05. The summed E-state index contributed by atoms with van der Waals surface area (Å²) < 4.78 is 6.79. The van der Waals surface area contributed by atoms with Crippen molar-refractivity contribution in [3.63, 3.8) is 0 Å². The topological polar surface area (TPSA) is 70.1 Å². The van der Waals surface area contributed by atoms with Gasteiger partial charge in [0, 0.05) is 5.75 Å². The second-order valence-electron chi connectivity index (χ2n) is 4.12. The SMILES string of the molecule is CCOC(=O)c1cnn(C(=S)SCc2ccccc2)c1N. The fraction of sp³-hybridized carbons (Fsp3) is 0.214. The number of hydrogen-bond acceptors (Lipinski definition) is 6. The predicted molar refractivity (Wildman–Crippen MR) is 88.3 cm³/mol. The molecule has 0 saturated carbocycles. The first kappa shape index (κ1) is 15.5. The van der Waals surface area contributed by atoms with E-state index in [2.05, 4.69) is 5.10 Å². The van der Waals surface area contributed by atoms with Crippen molar-refractivity contribution in [1.29, 1.82) is 0 Å². The van der Waals surface area contributed by atoms with Gasteiger partial charge in [-0.25, -0.2) is 4.79 Å². The molecule has 0 unspecified atom stereocenters. The zero-order valence-electron chi connectivity index (χ0n) is 11.5. The molecule has 0 atom stereocenters. The number of rotatable bonds is 4. The van der Waals surface area contributed by atoms with Gasteiger partial charge in [0.05, 0.1) is 12.8 Å². The van der Waals surface area contributed by atoms with E-state index in [1.807, 2.05) is 30.3 Å². The van der Waals surface area contributed by atoms with Crippen molar-refractivity contribution < 1.29 is 9.53 Å². The molecule has 0 aliphatic carbocycles. The van der Waals surface area contributed by atoms with Gasteiger partial charge in [-0.2, -0.15) is 9.78 Å². The Bertz CT molecular complexity index is 641. The molecule has 0 aliphatic heterocycles. The van der Waals surface area contributed by atoms with E-state index in [-0.39, 0.29) is 18.0 Å². The molecule has 110 valence electrons. The fourth-order valence-corrected chi connectivity index (χ4v) is 2.72. The monoisotopic (exact) mass is 321 g/mol. The summed E-state index contributed by atoms with van der Waals surface area (Å²) in [6.07, 6.45) is 1.38. The minimum Gasteiger partial charge on any atom is -0.462 e. The summed E-state index contributed by atoms with van der Waals surface area (Å²) in [5.41, 5.74) is 7.29. The molecule has 0 spiro atoms. The number of anilines is 1. The molecule has 0 radical (unpaired) electrons. The van der Waals surface area contributed by atoms with Crippen molar-refractivity contribution in [3.8, 4) is 0 Å². The number of thioether (sulfide) groups is 1. The molecule has 0 bridgehead atoms. The third kappa shape index (κ3) is 3.83. The van der Waals surface area contributed by atoms with Crippen LogP contribution in [0, 0.1) is 0 Å². The zero-order chi connectivity index (χ0) is 15.2. The quantitative estimate of drug-likeness (QED) is 0.690. The van der Waals surface area contributed by atoms with Crippen molar-refractivity contribution in [2.45, 2.75) is 12.7 Å². The van der Waals surface area contributed by atoms with Gasteiger partial charge in [0.2, 0.25) is 0 Å². The Morgan fingerprint density at radius 2 is 2.14 bits per heavy atom. The van der Waals surface area contributed by atoms with Gasteiger partial charge in [-0.15, -0.1) is 0 Å². The van der Waals surface area contributed by atoms with Gasteiger partial charge in [0.25, 0.3) is 0 Å². The summed E-state index contributed by atoms with van der Waals surface area (Å²) in [4.78, 5) is 11.7. The van der Waals surface area contributed by atoms with E-state index in [9.17, 15) is 4.79 Å². The van der Waals surface area contributed by atoms with Gasteiger partial charge in [-0.05, 0) is 12.5 Å². The normalized spacial score (nSPS) is 10.3. The van der Waals surface area contributed by atoms with E-state index >= 15 is 0 Å². The number of nitrogen functional groups attached to an aromatic ring is 1. The number of hydrogen-bond donors (Lipinski definition) is 1. The van der Waals surface area contributed by atoms with Crippen LogP contribution in [0.3, 0.4) is 0 Å². The molecule has 5 nitrogen and oxygen atoms in total. The molecule has 0 fully saturated rings. The Morgan fingerprint density at radius 1 is 1.43 bits per heavy atom. The second-order valence-corrected chi connectivity index (χ2v) is 5.73. The van der Waals surface area contributed by atoms with Gasteiger partial charge in [0.1, 0.15) is 11.4 Å². The van der Waals surface area contributed by atoms with Gasteiger partial charge in [-0.1, -0.05) is 54.3 Å². The smallest absolute Gasteiger partial charge is 0.343 e. The molecule has 1 aromatic heterocycles. The predicted octanol–water partition coefficient (Wildman–Crippen LogP) is 2.71. The number of aromatic nitrogens is 2. The van der Waals surface area contributed by atoms with Crippen molar-refractivity contribution >= 4 is 40.1 Å². The average Bonchev–Trinajstić information content (AvgIpc) is 2.88. The van der Waals surface area contributed by atoms with Gasteiger partial charge in [0.15, 0.2) is 4.32 Å². The van der Waals surface area contributed by atoms with Gasteiger partial charge >= 0.3 is 5.97 Å². The van der Waals surface area contributed by atoms with E-state index in [4.69, 9.17) is 22.7 Å². The molecule has 7 heteroatoms. The Hall–Kier alpha value is -1.86. The molecule has 0 aliphatic rings. The molecule has 2 rings (SSSR count). The van der Waals surface area contributed by atoms with Crippen molar-refractivity contribution in [2.75, 3.05) is 12.3 Å². The number of nitrogens with zero attached hydrogens (tertiary/aromatic N) is 2. The highest BCUT2D eigenvalue weighted by Crippen LogP contribution is 2.19. The minimum absolute atomic E-state index is 0.207. The summed E-state index contributed by atoms with van der Waals surface area (Å²) in [5, 5.41) is 4.06.